The van der Waals surface area contributed by atoms with Gasteiger partial charge in [-0.15, -0.1) is 0 Å². The Labute approximate surface area is 225 Å². The van der Waals surface area contributed by atoms with Crippen LogP contribution in [0.4, 0.5) is 18.0 Å². The molecule has 1 saturated heterocycles. The largest absolute Gasteiger partial charge is 0.444 e. The SMILES string of the molecule is CC1CC(=O)N(C[C@H](CC(=O)N2CCc3c(nc(C(C)(C)C)nc3C(F)(F)F)C2)NC(=O)OC(C)(C)C)C1=O. The Morgan fingerprint density at radius 3 is 2.26 bits per heavy atom. The van der Waals surface area contributed by atoms with E-state index in [-0.39, 0.29) is 56.0 Å². The van der Waals surface area contributed by atoms with Crippen molar-refractivity contribution in [3.8, 4) is 0 Å². The number of carbonyl (C=O) groups is 4. The number of alkyl halides is 3. The molecule has 1 N–H and O–H groups in total. The van der Waals surface area contributed by atoms with Gasteiger partial charge < -0.3 is 15.0 Å². The van der Waals surface area contributed by atoms with Crippen LogP contribution in [0.25, 0.3) is 0 Å². The molecule has 0 saturated carbocycles. The molecule has 13 heteroatoms. The van der Waals surface area contributed by atoms with E-state index in [1.165, 1.54) is 4.90 Å². The van der Waals surface area contributed by atoms with Gasteiger partial charge in [0.15, 0.2) is 5.69 Å². The molecule has 39 heavy (non-hydrogen) atoms. The van der Waals surface area contributed by atoms with Crippen molar-refractivity contribution in [1.82, 2.24) is 25.1 Å². The van der Waals surface area contributed by atoms with Gasteiger partial charge in [-0.3, -0.25) is 19.3 Å². The van der Waals surface area contributed by atoms with Crippen molar-refractivity contribution in [2.75, 3.05) is 13.1 Å². The molecular weight excluding hydrogens is 519 g/mol. The van der Waals surface area contributed by atoms with Crippen molar-refractivity contribution < 1.29 is 37.1 Å². The number of nitrogens with one attached hydrogen (secondary N) is 1. The van der Waals surface area contributed by atoms with Crippen LogP contribution in [0.15, 0.2) is 0 Å². The van der Waals surface area contributed by atoms with E-state index in [4.69, 9.17) is 4.74 Å². The van der Waals surface area contributed by atoms with E-state index in [2.05, 4.69) is 15.3 Å². The Bertz CT molecular complexity index is 1160. The monoisotopic (exact) mass is 555 g/mol. The maximum Gasteiger partial charge on any atom is 0.433 e. The lowest BCUT2D eigenvalue weighted by Crippen LogP contribution is -2.50. The van der Waals surface area contributed by atoms with Crippen molar-refractivity contribution >= 4 is 23.8 Å². The van der Waals surface area contributed by atoms with Crippen LogP contribution in [0.2, 0.25) is 0 Å². The minimum atomic E-state index is -4.67. The topological polar surface area (TPSA) is 122 Å². The summed E-state index contributed by atoms with van der Waals surface area (Å²) in [7, 11) is 0. The van der Waals surface area contributed by atoms with E-state index < -0.39 is 58.7 Å². The summed E-state index contributed by atoms with van der Waals surface area (Å²) in [6, 6.07) is -0.965. The molecule has 2 atom stereocenters. The van der Waals surface area contributed by atoms with E-state index in [1.54, 1.807) is 48.5 Å². The van der Waals surface area contributed by atoms with E-state index >= 15 is 0 Å². The molecule has 4 amide bonds. The maximum absolute atomic E-state index is 13.8. The maximum atomic E-state index is 13.8. The first-order chi connectivity index (χ1) is 17.8. The molecule has 1 aromatic rings. The molecule has 2 aliphatic rings. The number of amides is 4. The fourth-order valence-corrected chi connectivity index (χ4v) is 4.45. The van der Waals surface area contributed by atoms with E-state index in [0.717, 1.165) is 4.90 Å². The number of fused-ring (bicyclic) bond motifs is 1. The number of nitrogens with zero attached hydrogens (tertiary/aromatic N) is 4. The normalized spacial score (nSPS) is 19.2. The number of hydrogen-bond acceptors (Lipinski definition) is 7. The first-order valence-corrected chi connectivity index (χ1v) is 12.8. The third-order valence-electron chi connectivity index (χ3n) is 6.37. The highest BCUT2D eigenvalue weighted by molar-refractivity contribution is 6.03. The molecule has 3 rings (SSSR count). The third-order valence-corrected chi connectivity index (χ3v) is 6.37. The van der Waals surface area contributed by atoms with Crippen LogP contribution in [-0.2, 0) is 43.7 Å². The van der Waals surface area contributed by atoms with Crippen molar-refractivity contribution in [2.24, 2.45) is 5.92 Å². The molecule has 1 fully saturated rings. The number of carbonyl (C=O) groups excluding carboxylic acids is 4. The first kappa shape index (κ1) is 30.3. The molecule has 216 valence electrons. The molecule has 0 aromatic carbocycles. The van der Waals surface area contributed by atoms with Gasteiger partial charge in [-0.1, -0.05) is 27.7 Å². The zero-order valence-electron chi connectivity index (χ0n) is 23.4. The van der Waals surface area contributed by atoms with E-state index in [1.807, 2.05) is 0 Å². The number of imide groups is 1. The minimum Gasteiger partial charge on any atom is -0.444 e. The lowest BCUT2D eigenvalue weighted by molar-refractivity contribution is -0.143. The van der Waals surface area contributed by atoms with Gasteiger partial charge in [-0.05, 0) is 27.2 Å². The van der Waals surface area contributed by atoms with Crippen molar-refractivity contribution in [2.45, 2.75) is 97.5 Å². The second-order valence-electron chi connectivity index (χ2n) is 12.1. The predicted octanol–water partition coefficient (Wildman–Crippen LogP) is 3.36. The van der Waals surface area contributed by atoms with Gasteiger partial charge >= 0.3 is 12.3 Å². The van der Waals surface area contributed by atoms with E-state index in [0.29, 0.717) is 0 Å². The summed E-state index contributed by atoms with van der Waals surface area (Å²) in [6.07, 6.45) is -5.86. The number of halogens is 3. The number of ether oxygens (including phenoxy) is 1. The minimum absolute atomic E-state index is 0.00902. The van der Waals surface area contributed by atoms with Crippen molar-refractivity contribution in [3.05, 3.63) is 22.8 Å². The van der Waals surface area contributed by atoms with Gasteiger partial charge in [-0.2, -0.15) is 13.2 Å². The van der Waals surface area contributed by atoms with Crippen LogP contribution in [0, 0.1) is 5.92 Å². The highest BCUT2D eigenvalue weighted by Gasteiger charge is 2.41. The quantitative estimate of drug-likeness (QED) is 0.553. The zero-order valence-corrected chi connectivity index (χ0v) is 23.4. The molecule has 0 bridgehead atoms. The highest BCUT2D eigenvalue weighted by Crippen LogP contribution is 2.35. The molecular formula is C26H36F3N5O5. The van der Waals surface area contributed by atoms with Crippen LogP contribution in [0.5, 0.6) is 0 Å². The lowest BCUT2D eigenvalue weighted by atomic mass is 9.93. The highest BCUT2D eigenvalue weighted by atomic mass is 19.4. The van der Waals surface area contributed by atoms with Crippen LogP contribution in [0.3, 0.4) is 0 Å². The fourth-order valence-electron chi connectivity index (χ4n) is 4.45. The number of likely N-dealkylation sites (tertiary alicyclic amines) is 1. The summed E-state index contributed by atoms with van der Waals surface area (Å²) >= 11 is 0. The standard InChI is InChI=1S/C26H36F3N5O5/c1-14-10-19(36)34(21(14)37)12-15(30-23(38)39-25(5,6)7)11-18(35)33-9-8-16-17(13-33)31-22(24(2,3)4)32-20(16)26(27,28)29/h14-15H,8-13H2,1-7H3,(H,30,38)/t14?,15-/m0/s1. The molecule has 0 radical (unpaired) electrons. The second kappa shape index (κ2) is 10.7. The molecule has 0 spiro atoms. The van der Waals surface area contributed by atoms with Gasteiger partial charge in [0.1, 0.15) is 11.4 Å². The summed E-state index contributed by atoms with van der Waals surface area (Å²) in [5.41, 5.74) is -2.49. The fraction of sp³-hybridized carbons (Fsp3) is 0.692. The Balaban J connectivity index is 1.84. The first-order valence-electron chi connectivity index (χ1n) is 12.8. The summed E-state index contributed by atoms with van der Waals surface area (Å²) in [5.74, 6) is -1.77. The Kier molecular flexibility index (Phi) is 8.33. The number of rotatable bonds is 5. The molecule has 0 aliphatic carbocycles. The smallest absolute Gasteiger partial charge is 0.433 e. The van der Waals surface area contributed by atoms with Gasteiger partial charge in [0.2, 0.25) is 17.7 Å². The molecule has 3 heterocycles. The van der Waals surface area contributed by atoms with Crippen LogP contribution in [-0.4, -0.2) is 68.3 Å². The summed E-state index contributed by atoms with van der Waals surface area (Å²) < 4.78 is 46.7. The lowest BCUT2D eigenvalue weighted by Gasteiger charge is -2.32. The predicted molar refractivity (Wildman–Crippen MR) is 133 cm³/mol. The van der Waals surface area contributed by atoms with Gasteiger partial charge in [0.05, 0.1) is 18.3 Å². The van der Waals surface area contributed by atoms with Crippen LogP contribution in [0.1, 0.15) is 84.1 Å². The number of hydrogen-bond donors (Lipinski definition) is 1. The summed E-state index contributed by atoms with van der Waals surface area (Å²) in [5, 5.41) is 2.57. The van der Waals surface area contributed by atoms with Gasteiger partial charge in [-0.25, -0.2) is 14.8 Å². The average Bonchev–Trinajstić information content (AvgIpc) is 3.01. The Hall–Kier alpha value is -3.25. The van der Waals surface area contributed by atoms with Crippen molar-refractivity contribution in [1.29, 1.82) is 0 Å². The molecule has 1 unspecified atom stereocenters. The summed E-state index contributed by atoms with van der Waals surface area (Å²) in [4.78, 5) is 61.2. The summed E-state index contributed by atoms with van der Waals surface area (Å²) in [6.45, 7) is 11.3. The Morgan fingerprint density at radius 2 is 1.74 bits per heavy atom. The van der Waals surface area contributed by atoms with Crippen LogP contribution >= 0.6 is 0 Å². The molecule has 1 aromatic heterocycles. The molecule has 10 nitrogen and oxygen atoms in total. The third kappa shape index (κ3) is 7.45. The second-order valence-corrected chi connectivity index (χ2v) is 12.1. The number of alkyl carbamates (subject to hydrolysis) is 1. The van der Waals surface area contributed by atoms with Crippen molar-refractivity contribution in [3.63, 3.8) is 0 Å². The van der Waals surface area contributed by atoms with Gasteiger partial charge in [0, 0.05) is 42.8 Å². The zero-order chi connectivity index (χ0) is 29.5. The molecule has 2 aliphatic heterocycles. The number of aromatic nitrogens is 2. The van der Waals surface area contributed by atoms with E-state index in [9.17, 15) is 32.3 Å². The Morgan fingerprint density at radius 1 is 1.10 bits per heavy atom. The van der Waals surface area contributed by atoms with Crippen LogP contribution < -0.4 is 5.32 Å². The van der Waals surface area contributed by atoms with Gasteiger partial charge in [0.25, 0.3) is 0 Å². The average molecular weight is 556 g/mol.